The number of Topliss-reactive ketones (excluding diaryl/α,β-unsaturated/α-hetero) is 1. The Morgan fingerprint density at radius 3 is 2.79 bits per heavy atom. The minimum absolute atomic E-state index is 0.333. The maximum Gasteiger partial charge on any atom is 0.163 e. The molecule has 2 heteroatoms. The molecule has 0 heterocycles. The van der Waals surface area contributed by atoms with E-state index in [0.29, 0.717) is 5.78 Å². The van der Waals surface area contributed by atoms with Gasteiger partial charge in [-0.2, -0.15) is 0 Å². The van der Waals surface area contributed by atoms with Crippen LogP contribution in [0.2, 0.25) is 6.82 Å². The van der Waals surface area contributed by atoms with Crippen molar-refractivity contribution in [2.24, 2.45) is 0 Å². The summed E-state index contributed by atoms with van der Waals surface area (Å²) >= 11 is 0. The molecular formula is C12H15BO. The third-order valence-electron chi connectivity index (χ3n) is 2.98. The maximum absolute atomic E-state index is 11.7. The van der Waals surface area contributed by atoms with E-state index in [9.17, 15) is 4.79 Å². The van der Waals surface area contributed by atoms with Crippen molar-refractivity contribution in [3.8, 4) is 0 Å². The van der Waals surface area contributed by atoms with Crippen molar-refractivity contribution in [3.05, 3.63) is 29.3 Å². The van der Waals surface area contributed by atoms with E-state index in [2.05, 4.69) is 19.0 Å². The van der Waals surface area contributed by atoms with Crippen molar-refractivity contribution in [2.45, 2.75) is 32.5 Å². The Morgan fingerprint density at radius 1 is 1.21 bits per heavy atom. The van der Waals surface area contributed by atoms with Gasteiger partial charge >= 0.3 is 0 Å². The van der Waals surface area contributed by atoms with Gasteiger partial charge in [0.25, 0.3) is 0 Å². The topological polar surface area (TPSA) is 17.1 Å². The van der Waals surface area contributed by atoms with E-state index >= 15 is 0 Å². The standard InChI is InChI=1S/C12H15BO/c1-13-10-6-7-11-9(8-10)4-2-3-5-12(11)14/h6-8,13H,2-5H2,1H3. The van der Waals surface area contributed by atoms with Crippen LogP contribution in [0, 0.1) is 0 Å². The molecule has 1 nitrogen and oxygen atoms in total. The van der Waals surface area contributed by atoms with Crippen LogP contribution < -0.4 is 5.46 Å². The van der Waals surface area contributed by atoms with Gasteiger partial charge in [-0.3, -0.25) is 4.79 Å². The van der Waals surface area contributed by atoms with Crippen LogP contribution in [0.3, 0.4) is 0 Å². The number of carbonyl (C=O) groups excluding carboxylic acids is 1. The van der Waals surface area contributed by atoms with E-state index < -0.39 is 0 Å². The molecule has 0 saturated heterocycles. The van der Waals surface area contributed by atoms with Crippen LogP contribution in [0.4, 0.5) is 0 Å². The highest BCUT2D eigenvalue weighted by Gasteiger charge is 2.14. The molecular weight excluding hydrogens is 171 g/mol. The van der Waals surface area contributed by atoms with Gasteiger partial charge in [0.1, 0.15) is 0 Å². The third kappa shape index (κ3) is 1.74. The monoisotopic (exact) mass is 186 g/mol. The molecule has 0 bridgehead atoms. The lowest BCUT2D eigenvalue weighted by molar-refractivity contribution is 0.0982. The van der Waals surface area contributed by atoms with E-state index in [4.69, 9.17) is 0 Å². The number of aryl methyl sites for hydroxylation is 1. The zero-order valence-electron chi connectivity index (χ0n) is 8.68. The molecule has 0 saturated carbocycles. The first-order valence-electron chi connectivity index (χ1n) is 5.46. The van der Waals surface area contributed by atoms with Gasteiger partial charge in [-0.15, -0.1) is 0 Å². The maximum atomic E-state index is 11.7. The number of benzene rings is 1. The predicted molar refractivity (Wildman–Crippen MR) is 61.0 cm³/mol. The Morgan fingerprint density at radius 2 is 2.00 bits per heavy atom. The Balaban J connectivity index is 2.43. The highest BCUT2D eigenvalue weighted by Crippen LogP contribution is 2.19. The van der Waals surface area contributed by atoms with E-state index in [1.807, 2.05) is 6.07 Å². The fourth-order valence-electron chi connectivity index (χ4n) is 2.08. The smallest absolute Gasteiger partial charge is 0.163 e. The number of hydrogen-bond donors (Lipinski definition) is 0. The second kappa shape index (κ2) is 3.99. The number of rotatable bonds is 1. The summed E-state index contributed by atoms with van der Waals surface area (Å²) in [6.07, 6.45) is 4.02. The molecule has 0 aromatic heterocycles. The number of ketones is 1. The van der Waals surface area contributed by atoms with Crippen LogP contribution in [0.15, 0.2) is 18.2 Å². The quantitative estimate of drug-likeness (QED) is 0.482. The normalized spacial score (nSPS) is 15.9. The van der Waals surface area contributed by atoms with Crippen molar-refractivity contribution >= 4 is 18.5 Å². The zero-order chi connectivity index (χ0) is 9.97. The number of fused-ring (bicyclic) bond motifs is 1. The molecule has 0 atom stereocenters. The van der Waals surface area contributed by atoms with Gasteiger partial charge < -0.3 is 0 Å². The van der Waals surface area contributed by atoms with E-state index in [1.54, 1.807) is 0 Å². The Hall–Kier alpha value is -1.05. The summed E-state index contributed by atoms with van der Waals surface area (Å²) in [5.74, 6) is 0.333. The van der Waals surface area contributed by atoms with Gasteiger partial charge in [0.05, 0.1) is 0 Å². The van der Waals surface area contributed by atoms with Crippen LogP contribution in [0.25, 0.3) is 0 Å². The molecule has 0 unspecified atom stereocenters. The van der Waals surface area contributed by atoms with Crippen molar-refractivity contribution in [3.63, 3.8) is 0 Å². The average molecular weight is 186 g/mol. The SMILES string of the molecule is CBc1ccc2c(c1)CCCCC2=O. The summed E-state index contributed by atoms with van der Waals surface area (Å²) in [5.41, 5.74) is 3.59. The molecule has 0 fully saturated rings. The van der Waals surface area contributed by atoms with Gasteiger partial charge in [-0.1, -0.05) is 30.5 Å². The minimum Gasteiger partial charge on any atom is -0.294 e. The molecule has 0 amide bonds. The largest absolute Gasteiger partial charge is 0.294 e. The molecule has 0 radical (unpaired) electrons. The van der Waals surface area contributed by atoms with E-state index in [0.717, 1.165) is 38.5 Å². The summed E-state index contributed by atoms with van der Waals surface area (Å²) < 4.78 is 0. The molecule has 14 heavy (non-hydrogen) atoms. The third-order valence-corrected chi connectivity index (χ3v) is 2.98. The number of hydrogen-bond acceptors (Lipinski definition) is 1. The summed E-state index contributed by atoms with van der Waals surface area (Å²) in [7, 11) is 1.06. The average Bonchev–Trinajstić information content (AvgIpc) is 2.40. The van der Waals surface area contributed by atoms with Crippen LogP contribution in [-0.4, -0.2) is 13.1 Å². The molecule has 72 valence electrons. The Labute approximate surface area is 85.8 Å². The van der Waals surface area contributed by atoms with Gasteiger partial charge in [0.2, 0.25) is 0 Å². The summed E-state index contributed by atoms with van der Waals surface area (Å²) in [6, 6.07) is 6.31. The fourth-order valence-corrected chi connectivity index (χ4v) is 2.08. The first-order valence-corrected chi connectivity index (χ1v) is 5.46. The first kappa shape index (κ1) is 9.51. The molecule has 1 aliphatic carbocycles. The second-order valence-electron chi connectivity index (χ2n) is 3.98. The first-order chi connectivity index (χ1) is 6.81. The molecule has 1 aromatic rings. The van der Waals surface area contributed by atoms with Crippen molar-refractivity contribution in [1.29, 1.82) is 0 Å². The molecule has 2 rings (SSSR count). The molecule has 0 N–H and O–H groups in total. The van der Waals surface area contributed by atoms with E-state index in [-0.39, 0.29) is 0 Å². The van der Waals surface area contributed by atoms with Crippen LogP contribution in [0.5, 0.6) is 0 Å². The Bertz CT molecular complexity index is 357. The second-order valence-corrected chi connectivity index (χ2v) is 3.98. The summed E-state index contributed by atoms with van der Waals surface area (Å²) in [4.78, 5) is 11.7. The van der Waals surface area contributed by atoms with E-state index in [1.165, 1.54) is 11.0 Å². The summed E-state index contributed by atoms with van der Waals surface area (Å²) in [6.45, 7) is 2.15. The van der Waals surface area contributed by atoms with Crippen LogP contribution >= 0.6 is 0 Å². The lowest BCUT2D eigenvalue weighted by Crippen LogP contribution is -2.13. The van der Waals surface area contributed by atoms with Gasteiger partial charge in [-0.05, 0) is 24.8 Å². The van der Waals surface area contributed by atoms with Gasteiger partial charge in [0, 0.05) is 12.0 Å². The Kier molecular flexibility index (Phi) is 2.71. The van der Waals surface area contributed by atoms with Crippen molar-refractivity contribution in [2.75, 3.05) is 0 Å². The lowest BCUT2D eigenvalue weighted by Gasteiger charge is -2.05. The molecule has 1 aliphatic rings. The molecule has 0 aliphatic heterocycles. The zero-order valence-corrected chi connectivity index (χ0v) is 8.68. The molecule has 1 aromatic carbocycles. The lowest BCUT2D eigenvalue weighted by atomic mass is 9.72. The minimum atomic E-state index is 0.333. The highest BCUT2D eigenvalue weighted by atomic mass is 16.1. The predicted octanol–water partition coefficient (Wildman–Crippen LogP) is 1.71. The summed E-state index contributed by atoms with van der Waals surface area (Å²) in [5, 5.41) is 0. The number of carbonyl (C=O) groups is 1. The molecule has 0 spiro atoms. The highest BCUT2D eigenvalue weighted by molar-refractivity contribution is 6.51. The van der Waals surface area contributed by atoms with Gasteiger partial charge in [-0.25, -0.2) is 0 Å². The van der Waals surface area contributed by atoms with Crippen molar-refractivity contribution < 1.29 is 4.79 Å². The van der Waals surface area contributed by atoms with Crippen LogP contribution in [0.1, 0.15) is 35.2 Å². The van der Waals surface area contributed by atoms with Gasteiger partial charge in [0.15, 0.2) is 13.1 Å². The van der Waals surface area contributed by atoms with Crippen molar-refractivity contribution in [1.82, 2.24) is 0 Å². The fraction of sp³-hybridized carbons (Fsp3) is 0.417. The van der Waals surface area contributed by atoms with Crippen LogP contribution in [-0.2, 0) is 6.42 Å².